The Morgan fingerprint density at radius 1 is 1.43 bits per heavy atom. The highest BCUT2D eigenvalue weighted by molar-refractivity contribution is 8.01. The number of alkyl halides is 4. The van der Waals surface area contributed by atoms with E-state index in [1.165, 1.54) is 16.4 Å². The van der Waals surface area contributed by atoms with Gasteiger partial charge in [-0.3, -0.25) is 14.4 Å². The number of carbonyl (C=O) groups excluding carboxylic acids is 2. The van der Waals surface area contributed by atoms with Gasteiger partial charge in [-0.05, 0) is 48.4 Å². The molecule has 1 N–H and O–H groups in total. The number of carboxylic acid groups (broad SMARTS) is 1. The second-order valence-corrected chi connectivity index (χ2v) is 9.04. The second kappa shape index (κ2) is 7.57. The van der Waals surface area contributed by atoms with Gasteiger partial charge in [-0.25, -0.2) is 0 Å². The summed E-state index contributed by atoms with van der Waals surface area (Å²) in [5.74, 6) is -2.04. The van der Waals surface area contributed by atoms with Crippen molar-refractivity contribution in [2.24, 2.45) is 0 Å². The second-order valence-electron chi connectivity index (χ2n) is 6.23. The van der Waals surface area contributed by atoms with Gasteiger partial charge < -0.3 is 10.0 Å². The zero-order chi connectivity index (χ0) is 20.8. The predicted octanol–water partition coefficient (Wildman–Crippen LogP) is 4.44. The van der Waals surface area contributed by atoms with Crippen LogP contribution in [0.15, 0.2) is 38.6 Å². The first kappa shape index (κ1) is 20.9. The van der Waals surface area contributed by atoms with Crippen LogP contribution in [0.3, 0.4) is 0 Å². The molecular weight excluding hydrogens is 439 g/mol. The van der Waals surface area contributed by atoms with Crippen molar-refractivity contribution in [1.29, 1.82) is 0 Å². The van der Waals surface area contributed by atoms with E-state index in [4.69, 9.17) is 16.7 Å². The highest BCUT2D eigenvalue weighted by atomic mass is 35.5. The van der Waals surface area contributed by atoms with Gasteiger partial charge in [0.25, 0.3) is 5.91 Å². The summed E-state index contributed by atoms with van der Waals surface area (Å²) < 4.78 is 37.6. The SMILES string of the molecule is CC1=C(CC(=O)O)C2=CC(=O)C(Cl)CC2N1C(=O)c1csc(SC(F)(F)F)c1. The maximum atomic E-state index is 13.0. The largest absolute Gasteiger partial charge is 0.481 e. The summed E-state index contributed by atoms with van der Waals surface area (Å²) in [6.45, 7) is 1.56. The van der Waals surface area contributed by atoms with E-state index in [1.807, 2.05) is 0 Å². The number of amides is 1. The summed E-state index contributed by atoms with van der Waals surface area (Å²) in [6.07, 6.45) is 0.989. The van der Waals surface area contributed by atoms with E-state index in [1.54, 1.807) is 6.92 Å². The molecule has 3 rings (SSSR count). The summed E-state index contributed by atoms with van der Waals surface area (Å²) in [4.78, 5) is 37.5. The Labute approximate surface area is 170 Å². The molecule has 2 unspecified atom stereocenters. The topological polar surface area (TPSA) is 74.7 Å². The number of carbonyl (C=O) groups is 3. The summed E-state index contributed by atoms with van der Waals surface area (Å²) in [5.41, 5.74) is -3.26. The fourth-order valence-electron chi connectivity index (χ4n) is 3.31. The molecule has 11 heteroatoms. The van der Waals surface area contributed by atoms with Crippen LogP contribution >= 0.6 is 34.7 Å². The number of hydrogen-bond donors (Lipinski definition) is 1. The van der Waals surface area contributed by atoms with Gasteiger partial charge in [-0.2, -0.15) is 13.2 Å². The molecule has 1 aromatic heterocycles. The van der Waals surface area contributed by atoms with Gasteiger partial charge in [-0.15, -0.1) is 22.9 Å². The molecule has 0 saturated heterocycles. The number of aliphatic carboxylic acids is 1. The first-order valence-corrected chi connectivity index (χ1v) is 10.1. The van der Waals surface area contributed by atoms with E-state index in [0.717, 1.165) is 17.4 Å². The zero-order valence-corrected chi connectivity index (χ0v) is 16.6. The molecule has 0 bridgehead atoms. The van der Waals surface area contributed by atoms with Crippen molar-refractivity contribution >= 4 is 52.4 Å². The average Bonchev–Trinajstić information content (AvgIpc) is 3.10. The molecule has 2 aliphatic rings. The molecular formula is C17H13ClF3NO4S2. The van der Waals surface area contributed by atoms with Gasteiger partial charge in [0, 0.05) is 11.1 Å². The lowest BCUT2D eigenvalue weighted by Crippen LogP contribution is -2.40. The molecule has 1 aromatic rings. The summed E-state index contributed by atoms with van der Waals surface area (Å²) >= 11 is 6.53. The Bertz CT molecular complexity index is 922. The number of nitrogens with zero attached hydrogens (tertiary/aromatic N) is 1. The lowest BCUT2D eigenvalue weighted by atomic mass is 9.89. The van der Waals surface area contributed by atoms with Crippen LogP contribution in [0.1, 0.15) is 30.1 Å². The van der Waals surface area contributed by atoms with Gasteiger partial charge in [0.1, 0.15) is 0 Å². The van der Waals surface area contributed by atoms with E-state index < -0.39 is 28.8 Å². The standard InChI is InChI=1S/C17H13ClF3NO4S2/c1-7-9(4-14(24)25)10-3-13(23)11(18)5-12(10)22(7)16(26)8-2-15(27-6-8)28-17(19,20)21/h2-3,6,11-12H,4-5H2,1H3,(H,24,25). The molecule has 0 fully saturated rings. The number of carboxylic acids is 1. The van der Waals surface area contributed by atoms with Gasteiger partial charge >= 0.3 is 11.5 Å². The Morgan fingerprint density at radius 2 is 2.11 bits per heavy atom. The third-order valence-electron chi connectivity index (χ3n) is 4.44. The number of thioether (sulfide) groups is 1. The Balaban J connectivity index is 1.96. The Kier molecular flexibility index (Phi) is 5.66. The molecule has 2 heterocycles. The van der Waals surface area contributed by atoms with Crippen molar-refractivity contribution in [3.8, 4) is 0 Å². The highest BCUT2D eigenvalue weighted by Crippen LogP contribution is 2.43. The average molecular weight is 452 g/mol. The smallest absolute Gasteiger partial charge is 0.447 e. The number of fused-ring (bicyclic) bond motifs is 1. The third-order valence-corrected chi connectivity index (χ3v) is 6.64. The van der Waals surface area contributed by atoms with Crippen LogP contribution in [-0.4, -0.2) is 44.6 Å². The molecule has 0 spiro atoms. The van der Waals surface area contributed by atoms with Crippen LogP contribution < -0.4 is 0 Å². The van der Waals surface area contributed by atoms with Crippen molar-refractivity contribution in [2.75, 3.05) is 0 Å². The van der Waals surface area contributed by atoms with E-state index in [2.05, 4.69) is 0 Å². The molecule has 0 saturated carbocycles. The molecule has 0 radical (unpaired) electrons. The first-order valence-electron chi connectivity index (χ1n) is 7.97. The van der Waals surface area contributed by atoms with Gasteiger partial charge in [0.2, 0.25) is 0 Å². The van der Waals surface area contributed by atoms with Crippen LogP contribution in [0.5, 0.6) is 0 Å². The molecule has 1 aliphatic heterocycles. The molecule has 0 aromatic carbocycles. The van der Waals surface area contributed by atoms with Gasteiger partial charge in [-0.1, -0.05) is 0 Å². The normalized spacial score (nSPS) is 22.4. The monoisotopic (exact) mass is 451 g/mol. The first-order chi connectivity index (χ1) is 13.0. The van der Waals surface area contributed by atoms with E-state index in [0.29, 0.717) is 16.8 Å². The Morgan fingerprint density at radius 3 is 2.71 bits per heavy atom. The lowest BCUT2D eigenvalue weighted by molar-refractivity contribution is -0.136. The van der Waals surface area contributed by atoms with Gasteiger partial charge in [0.15, 0.2) is 5.78 Å². The minimum absolute atomic E-state index is 0.0649. The molecule has 1 amide bonds. The summed E-state index contributed by atoms with van der Waals surface area (Å²) in [7, 11) is 0. The zero-order valence-electron chi connectivity index (χ0n) is 14.2. The highest BCUT2D eigenvalue weighted by Gasteiger charge is 2.43. The number of thiophene rings is 1. The molecule has 5 nitrogen and oxygen atoms in total. The lowest BCUT2D eigenvalue weighted by Gasteiger charge is -2.30. The maximum absolute atomic E-state index is 13.0. The minimum atomic E-state index is -4.46. The van der Waals surface area contributed by atoms with E-state index in [-0.39, 0.29) is 40.2 Å². The molecule has 1 aliphatic carbocycles. The van der Waals surface area contributed by atoms with Crippen molar-refractivity contribution in [2.45, 2.75) is 40.9 Å². The number of allylic oxidation sites excluding steroid dienone is 2. The van der Waals surface area contributed by atoms with Crippen molar-refractivity contribution in [1.82, 2.24) is 4.90 Å². The van der Waals surface area contributed by atoms with Crippen molar-refractivity contribution in [3.63, 3.8) is 0 Å². The third kappa shape index (κ3) is 4.13. The van der Waals surface area contributed by atoms with Crippen LogP contribution in [0.25, 0.3) is 0 Å². The van der Waals surface area contributed by atoms with Crippen molar-refractivity contribution in [3.05, 3.63) is 39.9 Å². The van der Waals surface area contributed by atoms with Crippen LogP contribution in [0.2, 0.25) is 0 Å². The minimum Gasteiger partial charge on any atom is -0.481 e. The van der Waals surface area contributed by atoms with Crippen LogP contribution in [0.4, 0.5) is 13.2 Å². The number of rotatable bonds is 4. The van der Waals surface area contributed by atoms with E-state index in [9.17, 15) is 27.6 Å². The Hall–Kier alpha value is -1.78. The number of ketones is 1. The fourth-order valence-corrected chi connectivity index (χ4v) is 5.18. The molecule has 2 atom stereocenters. The van der Waals surface area contributed by atoms with Gasteiger partial charge in [0.05, 0.1) is 27.6 Å². The number of hydrogen-bond acceptors (Lipinski definition) is 5. The summed E-state index contributed by atoms with van der Waals surface area (Å²) in [6, 6.07) is 0.532. The molecule has 28 heavy (non-hydrogen) atoms. The van der Waals surface area contributed by atoms with Crippen molar-refractivity contribution < 1.29 is 32.7 Å². The van der Waals surface area contributed by atoms with Crippen LogP contribution in [0, 0.1) is 0 Å². The molecule has 150 valence electrons. The maximum Gasteiger partial charge on any atom is 0.447 e. The van der Waals surface area contributed by atoms with Crippen LogP contribution in [-0.2, 0) is 9.59 Å². The van der Waals surface area contributed by atoms with E-state index >= 15 is 0 Å². The number of halogens is 4. The predicted molar refractivity (Wildman–Crippen MR) is 98.5 cm³/mol. The summed E-state index contributed by atoms with van der Waals surface area (Å²) in [5, 5.41) is 9.64. The fraction of sp³-hybridized carbons (Fsp3) is 0.353. The quantitative estimate of drug-likeness (QED) is 0.541.